The summed E-state index contributed by atoms with van der Waals surface area (Å²) in [5.74, 6) is 0.755. The summed E-state index contributed by atoms with van der Waals surface area (Å²) >= 11 is 1.45. The van der Waals surface area contributed by atoms with Crippen molar-refractivity contribution in [3.63, 3.8) is 0 Å². The van der Waals surface area contributed by atoms with Gasteiger partial charge in [0.05, 0.1) is 11.4 Å². The Morgan fingerprint density at radius 1 is 1.32 bits per heavy atom. The standard InChI is InChI=1S/C21H28N6O3S/c1-3-4-9-27-18-17(20(29)24-21(27)30)25(2)16(23-18)13-26-10-7-14(8-11-26)22-19(28)15-6-5-12-31-15/h5-6,12,14H,3-4,7-11,13H2,1-2H3,(H,22,28)(H,24,29,30). The molecule has 2 N–H and O–H groups in total. The fourth-order valence-electron chi connectivity index (χ4n) is 4.06. The number of piperidine rings is 1. The van der Waals surface area contributed by atoms with E-state index >= 15 is 0 Å². The third-order valence-electron chi connectivity index (χ3n) is 5.87. The Labute approximate surface area is 183 Å². The van der Waals surface area contributed by atoms with E-state index in [1.807, 2.05) is 24.6 Å². The van der Waals surface area contributed by atoms with Crippen molar-refractivity contribution in [2.24, 2.45) is 7.05 Å². The van der Waals surface area contributed by atoms with Crippen molar-refractivity contribution in [1.82, 2.24) is 29.3 Å². The Balaban J connectivity index is 1.45. The zero-order valence-electron chi connectivity index (χ0n) is 17.9. The van der Waals surface area contributed by atoms with Crippen molar-refractivity contribution < 1.29 is 4.79 Å². The van der Waals surface area contributed by atoms with Gasteiger partial charge in [0.2, 0.25) is 0 Å². The fourth-order valence-corrected chi connectivity index (χ4v) is 4.68. The summed E-state index contributed by atoms with van der Waals surface area (Å²) in [6.45, 7) is 4.85. The zero-order chi connectivity index (χ0) is 22.0. The van der Waals surface area contributed by atoms with E-state index in [0.717, 1.165) is 49.5 Å². The van der Waals surface area contributed by atoms with Crippen LogP contribution in [0.15, 0.2) is 27.1 Å². The molecule has 1 amide bonds. The van der Waals surface area contributed by atoms with Crippen molar-refractivity contribution in [3.8, 4) is 0 Å². The first-order valence-corrected chi connectivity index (χ1v) is 11.6. The number of unbranched alkanes of at least 4 members (excludes halogenated alkanes) is 1. The maximum absolute atomic E-state index is 12.4. The maximum Gasteiger partial charge on any atom is 0.330 e. The van der Waals surface area contributed by atoms with Crippen LogP contribution in [-0.2, 0) is 20.1 Å². The number of rotatable bonds is 7. The predicted molar refractivity (Wildman–Crippen MR) is 121 cm³/mol. The summed E-state index contributed by atoms with van der Waals surface area (Å²) in [7, 11) is 1.82. The average Bonchev–Trinajstić information content (AvgIpc) is 3.39. The van der Waals surface area contributed by atoms with E-state index in [9.17, 15) is 14.4 Å². The molecule has 4 rings (SSSR count). The summed E-state index contributed by atoms with van der Waals surface area (Å²) < 4.78 is 3.36. The topological polar surface area (TPSA) is 105 Å². The predicted octanol–water partition coefficient (Wildman–Crippen LogP) is 1.68. The third-order valence-corrected chi connectivity index (χ3v) is 6.74. The van der Waals surface area contributed by atoms with Gasteiger partial charge in [0, 0.05) is 32.7 Å². The first kappa shape index (κ1) is 21.5. The number of fused-ring (bicyclic) bond motifs is 1. The van der Waals surface area contributed by atoms with E-state index in [0.29, 0.717) is 24.3 Å². The Bertz CT molecular complexity index is 1170. The van der Waals surface area contributed by atoms with Gasteiger partial charge in [-0.2, -0.15) is 0 Å². The van der Waals surface area contributed by atoms with Crippen LogP contribution in [0.5, 0.6) is 0 Å². The van der Waals surface area contributed by atoms with Crippen molar-refractivity contribution in [2.75, 3.05) is 13.1 Å². The molecule has 0 radical (unpaired) electrons. The number of nitrogens with one attached hydrogen (secondary N) is 2. The molecule has 0 bridgehead atoms. The molecule has 9 nitrogen and oxygen atoms in total. The van der Waals surface area contributed by atoms with Crippen LogP contribution >= 0.6 is 11.3 Å². The van der Waals surface area contributed by atoms with Crippen molar-refractivity contribution in [3.05, 3.63) is 49.1 Å². The lowest BCUT2D eigenvalue weighted by molar-refractivity contribution is 0.0912. The van der Waals surface area contributed by atoms with E-state index in [-0.39, 0.29) is 11.9 Å². The Hall–Kier alpha value is -2.72. The number of likely N-dealkylation sites (tertiary alicyclic amines) is 1. The van der Waals surface area contributed by atoms with Gasteiger partial charge < -0.3 is 9.88 Å². The first-order valence-electron chi connectivity index (χ1n) is 10.7. The Kier molecular flexibility index (Phi) is 6.38. The average molecular weight is 445 g/mol. The highest BCUT2D eigenvalue weighted by atomic mass is 32.1. The van der Waals surface area contributed by atoms with Gasteiger partial charge in [-0.05, 0) is 30.7 Å². The highest BCUT2D eigenvalue weighted by molar-refractivity contribution is 7.12. The number of aryl methyl sites for hydroxylation is 2. The van der Waals surface area contributed by atoms with Crippen LogP contribution in [0.25, 0.3) is 11.2 Å². The molecule has 0 spiro atoms. The molecule has 3 aromatic rings. The van der Waals surface area contributed by atoms with E-state index in [1.165, 1.54) is 11.3 Å². The summed E-state index contributed by atoms with van der Waals surface area (Å²) in [6.07, 6.45) is 3.52. The van der Waals surface area contributed by atoms with E-state index < -0.39 is 11.2 Å². The minimum Gasteiger partial charge on any atom is -0.349 e. The molecule has 0 aromatic carbocycles. The molecule has 0 saturated carbocycles. The van der Waals surface area contributed by atoms with Gasteiger partial charge in [0.25, 0.3) is 11.5 Å². The Morgan fingerprint density at radius 2 is 2.10 bits per heavy atom. The molecule has 1 fully saturated rings. The van der Waals surface area contributed by atoms with Gasteiger partial charge in [0.1, 0.15) is 5.82 Å². The summed E-state index contributed by atoms with van der Waals surface area (Å²) in [4.78, 5) is 47.1. The number of aromatic amines is 1. The maximum atomic E-state index is 12.4. The number of H-pyrrole nitrogens is 1. The summed E-state index contributed by atoms with van der Waals surface area (Å²) in [5, 5.41) is 5.02. The molecular formula is C21H28N6O3S. The highest BCUT2D eigenvalue weighted by Crippen LogP contribution is 2.17. The van der Waals surface area contributed by atoms with Crippen molar-refractivity contribution in [2.45, 2.75) is 51.7 Å². The van der Waals surface area contributed by atoms with E-state index in [4.69, 9.17) is 0 Å². The second-order valence-corrected chi connectivity index (χ2v) is 8.97. The Morgan fingerprint density at radius 3 is 2.77 bits per heavy atom. The second-order valence-electron chi connectivity index (χ2n) is 8.02. The molecular weight excluding hydrogens is 416 g/mol. The number of hydrogen-bond acceptors (Lipinski definition) is 6. The lowest BCUT2D eigenvalue weighted by atomic mass is 10.0. The number of amides is 1. The van der Waals surface area contributed by atoms with Crippen LogP contribution in [0, 0.1) is 0 Å². The molecule has 10 heteroatoms. The molecule has 31 heavy (non-hydrogen) atoms. The normalized spacial score (nSPS) is 15.5. The molecule has 1 saturated heterocycles. The molecule has 1 aliphatic heterocycles. The van der Waals surface area contributed by atoms with Gasteiger partial charge >= 0.3 is 5.69 Å². The van der Waals surface area contributed by atoms with Gasteiger partial charge in [-0.3, -0.25) is 24.0 Å². The van der Waals surface area contributed by atoms with Gasteiger partial charge in [-0.25, -0.2) is 9.78 Å². The minimum absolute atomic E-state index is 0.00641. The SMILES string of the molecule is CCCCn1c(=O)[nH]c(=O)c2c1nc(CN1CCC(NC(=O)c3cccs3)CC1)n2C. The zero-order valence-corrected chi connectivity index (χ0v) is 18.7. The molecule has 0 atom stereocenters. The minimum atomic E-state index is -0.405. The van der Waals surface area contributed by atoms with Crippen molar-refractivity contribution in [1.29, 1.82) is 0 Å². The highest BCUT2D eigenvalue weighted by Gasteiger charge is 2.24. The van der Waals surface area contributed by atoms with Crippen LogP contribution in [0.2, 0.25) is 0 Å². The molecule has 0 unspecified atom stereocenters. The molecule has 4 heterocycles. The number of carbonyl (C=O) groups excluding carboxylic acids is 1. The fraction of sp³-hybridized carbons (Fsp3) is 0.524. The van der Waals surface area contributed by atoms with E-state index in [2.05, 4.69) is 27.1 Å². The van der Waals surface area contributed by atoms with Crippen LogP contribution in [0.3, 0.4) is 0 Å². The van der Waals surface area contributed by atoms with Gasteiger partial charge in [0.15, 0.2) is 11.2 Å². The number of nitrogens with zero attached hydrogens (tertiary/aromatic N) is 4. The summed E-state index contributed by atoms with van der Waals surface area (Å²) in [5.41, 5.74) is 0.0866. The van der Waals surface area contributed by atoms with Crippen LogP contribution < -0.4 is 16.6 Å². The molecule has 166 valence electrons. The van der Waals surface area contributed by atoms with E-state index in [1.54, 1.807) is 9.13 Å². The van der Waals surface area contributed by atoms with Gasteiger partial charge in [-0.15, -0.1) is 11.3 Å². The quantitative estimate of drug-likeness (QED) is 0.577. The van der Waals surface area contributed by atoms with Crippen LogP contribution in [0.1, 0.15) is 48.1 Å². The number of hydrogen-bond donors (Lipinski definition) is 2. The number of thiophene rings is 1. The number of imidazole rings is 1. The number of aromatic nitrogens is 4. The van der Waals surface area contributed by atoms with Crippen LogP contribution in [0.4, 0.5) is 0 Å². The number of carbonyl (C=O) groups is 1. The lowest BCUT2D eigenvalue weighted by Crippen LogP contribution is -2.44. The monoisotopic (exact) mass is 444 g/mol. The molecule has 1 aliphatic rings. The second kappa shape index (κ2) is 9.19. The largest absolute Gasteiger partial charge is 0.349 e. The lowest BCUT2D eigenvalue weighted by Gasteiger charge is -2.31. The van der Waals surface area contributed by atoms with Crippen LogP contribution in [-0.4, -0.2) is 49.0 Å². The smallest absolute Gasteiger partial charge is 0.330 e. The van der Waals surface area contributed by atoms with Crippen molar-refractivity contribution >= 4 is 28.4 Å². The summed E-state index contributed by atoms with van der Waals surface area (Å²) in [6, 6.07) is 3.88. The van der Waals surface area contributed by atoms with Gasteiger partial charge in [-0.1, -0.05) is 19.4 Å². The molecule has 0 aliphatic carbocycles. The third kappa shape index (κ3) is 4.49. The first-order chi connectivity index (χ1) is 15.0. The molecule has 3 aromatic heterocycles.